The number of H-pyrrole nitrogens is 1. The second-order valence-electron chi connectivity index (χ2n) is 3.98. The van der Waals surface area contributed by atoms with Crippen LogP contribution in [0.15, 0.2) is 37.1 Å². The van der Waals surface area contributed by atoms with Gasteiger partial charge in [-0.1, -0.05) is 0 Å². The maximum Gasteiger partial charge on any atom is 0.217 e. The van der Waals surface area contributed by atoms with Gasteiger partial charge in [-0.05, 0) is 19.1 Å². The van der Waals surface area contributed by atoms with Crippen LogP contribution in [-0.2, 0) is 6.54 Å². The molecule has 0 saturated heterocycles. The lowest BCUT2D eigenvalue weighted by Gasteiger charge is -2.05. The summed E-state index contributed by atoms with van der Waals surface area (Å²) in [5, 5.41) is 0. The van der Waals surface area contributed by atoms with Crippen molar-refractivity contribution < 1.29 is 0 Å². The van der Waals surface area contributed by atoms with Crippen molar-refractivity contribution in [2.75, 3.05) is 5.73 Å². The van der Waals surface area contributed by atoms with E-state index in [2.05, 4.69) is 21.9 Å². The first-order valence-electron chi connectivity index (χ1n) is 5.78. The number of hydrogen-bond donors (Lipinski definition) is 2. The van der Waals surface area contributed by atoms with E-state index in [-0.39, 0.29) is 0 Å². The maximum absolute atomic E-state index is 5.86. The lowest BCUT2D eigenvalue weighted by molar-refractivity contribution is 0.721. The van der Waals surface area contributed by atoms with E-state index in [1.165, 1.54) is 0 Å². The van der Waals surface area contributed by atoms with Crippen LogP contribution < -0.4 is 5.73 Å². The highest BCUT2D eigenvalue weighted by Crippen LogP contribution is 2.20. The predicted octanol–water partition coefficient (Wildman–Crippen LogP) is 1.67. The van der Waals surface area contributed by atoms with E-state index in [0.29, 0.717) is 5.82 Å². The summed E-state index contributed by atoms with van der Waals surface area (Å²) in [7, 11) is 0. The van der Waals surface area contributed by atoms with Gasteiger partial charge in [-0.25, -0.2) is 9.97 Å². The van der Waals surface area contributed by atoms with E-state index in [9.17, 15) is 0 Å². The Morgan fingerprint density at radius 2 is 2.33 bits per heavy atom. The van der Waals surface area contributed by atoms with Crippen LogP contribution in [0.3, 0.4) is 0 Å². The first-order valence-corrected chi connectivity index (χ1v) is 5.78. The van der Waals surface area contributed by atoms with Crippen molar-refractivity contribution in [2.24, 2.45) is 0 Å². The lowest BCUT2D eigenvalue weighted by Crippen LogP contribution is -2.06. The zero-order chi connectivity index (χ0) is 12.5. The Morgan fingerprint density at radius 3 is 2.94 bits per heavy atom. The van der Waals surface area contributed by atoms with Gasteiger partial charge in [0.1, 0.15) is 17.8 Å². The van der Waals surface area contributed by atoms with Crippen LogP contribution in [0.4, 0.5) is 5.82 Å². The second kappa shape index (κ2) is 4.06. The molecule has 6 nitrogen and oxygen atoms in total. The summed E-state index contributed by atoms with van der Waals surface area (Å²) in [5.41, 5.74) is 7.74. The third-order valence-corrected chi connectivity index (χ3v) is 2.85. The van der Waals surface area contributed by atoms with Crippen LogP contribution in [0, 0.1) is 0 Å². The number of aryl methyl sites for hydroxylation is 1. The SMILES string of the molecule is CCn1cc(-c2ccc[nH]2)nc1-n1cncc1N. The number of aromatic nitrogens is 5. The number of hydrogen-bond acceptors (Lipinski definition) is 3. The van der Waals surface area contributed by atoms with Gasteiger partial charge in [-0.15, -0.1) is 0 Å². The van der Waals surface area contributed by atoms with Gasteiger partial charge in [0.15, 0.2) is 0 Å². The number of imidazole rings is 2. The average molecular weight is 242 g/mol. The fourth-order valence-electron chi connectivity index (χ4n) is 1.92. The highest BCUT2D eigenvalue weighted by molar-refractivity contribution is 5.55. The number of anilines is 1. The number of nitrogens with zero attached hydrogens (tertiary/aromatic N) is 4. The lowest BCUT2D eigenvalue weighted by atomic mass is 10.3. The third kappa shape index (κ3) is 1.58. The van der Waals surface area contributed by atoms with Gasteiger partial charge >= 0.3 is 0 Å². The first kappa shape index (κ1) is 10.6. The van der Waals surface area contributed by atoms with Gasteiger partial charge in [-0.2, -0.15) is 0 Å². The minimum atomic E-state index is 0.577. The molecule has 0 fully saturated rings. The first-order chi connectivity index (χ1) is 8.79. The van der Waals surface area contributed by atoms with E-state index in [1.807, 2.05) is 29.1 Å². The Bertz CT molecular complexity index is 646. The molecular weight excluding hydrogens is 228 g/mol. The summed E-state index contributed by atoms with van der Waals surface area (Å²) >= 11 is 0. The molecule has 6 heteroatoms. The van der Waals surface area contributed by atoms with Gasteiger partial charge in [0.25, 0.3) is 0 Å². The highest BCUT2D eigenvalue weighted by Gasteiger charge is 2.12. The fraction of sp³-hybridized carbons (Fsp3) is 0.167. The van der Waals surface area contributed by atoms with E-state index in [0.717, 1.165) is 23.9 Å². The summed E-state index contributed by atoms with van der Waals surface area (Å²) in [5.74, 6) is 1.35. The van der Waals surface area contributed by atoms with Crippen molar-refractivity contribution >= 4 is 5.82 Å². The third-order valence-electron chi connectivity index (χ3n) is 2.85. The Morgan fingerprint density at radius 1 is 1.44 bits per heavy atom. The van der Waals surface area contributed by atoms with Crippen molar-refractivity contribution in [3.05, 3.63) is 37.1 Å². The number of nitrogens with two attached hydrogens (primary N) is 1. The molecule has 0 aliphatic heterocycles. The molecule has 3 aromatic rings. The molecule has 0 amide bonds. The van der Waals surface area contributed by atoms with Crippen molar-refractivity contribution in [2.45, 2.75) is 13.5 Å². The molecule has 0 radical (unpaired) electrons. The molecule has 92 valence electrons. The molecule has 0 bridgehead atoms. The van der Waals surface area contributed by atoms with Crippen molar-refractivity contribution in [1.82, 2.24) is 24.1 Å². The summed E-state index contributed by atoms with van der Waals surface area (Å²) in [4.78, 5) is 11.8. The zero-order valence-electron chi connectivity index (χ0n) is 10.0. The molecular formula is C12H14N6. The standard InChI is InChI=1S/C12H14N6/c1-2-17-7-10(9-4-3-5-15-9)16-12(17)18-8-14-6-11(18)13/h3-8,15H,2,13H2,1H3. The Kier molecular flexibility index (Phi) is 2.40. The zero-order valence-corrected chi connectivity index (χ0v) is 10.0. The van der Waals surface area contributed by atoms with Crippen LogP contribution in [0.1, 0.15) is 6.92 Å². The van der Waals surface area contributed by atoms with Crippen molar-refractivity contribution in [1.29, 1.82) is 0 Å². The highest BCUT2D eigenvalue weighted by atomic mass is 15.3. The molecule has 0 atom stereocenters. The molecule has 0 saturated carbocycles. The molecule has 3 rings (SSSR count). The smallest absolute Gasteiger partial charge is 0.217 e. The molecule has 0 spiro atoms. The summed E-state index contributed by atoms with van der Waals surface area (Å²) in [6.07, 6.45) is 7.16. The second-order valence-corrected chi connectivity index (χ2v) is 3.98. The quantitative estimate of drug-likeness (QED) is 0.733. The van der Waals surface area contributed by atoms with Gasteiger partial charge in [0, 0.05) is 18.9 Å². The minimum absolute atomic E-state index is 0.577. The van der Waals surface area contributed by atoms with Crippen LogP contribution in [0.25, 0.3) is 17.3 Å². The van der Waals surface area contributed by atoms with E-state index in [4.69, 9.17) is 5.73 Å². The summed E-state index contributed by atoms with van der Waals surface area (Å²) < 4.78 is 3.81. The maximum atomic E-state index is 5.86. The molecule has 3 N–H and O–H groups in total. The van der Waals surface area contributed by atoms with Crippen LogP contribution in [-0.4, -0.2) is 24.1 Å². The van der Waals surface area contributed by atoms with Crippen LogP contribution >= 0.6 is 0 Å². The van der Waals surface area contributed by atoms with Gasteiger partial charge in [-0.3, -0.25) is 4.57 Å². The topological polar surface area (TPSA) is 77.5 Å². The molecule has 0 aliphatic carbocycles. The molecule has 3 heterocycles. The van der Waals surface area contributed by atoms with E-state index in [1.54, 1.807) is 17.1 Å². The van der Waals surface area contributed by atoms with Crippen LogP contribution in [0.5, 0.6) is 0 Å². The van der Waals surface area contributed by atoms with Gasteiger partial charge in [0.05, 0.1) is 11.9 Å². The van der Waals surface area contributed by atoms with Gasteiger partial charge in [0.2, 0.25) is 5.95 Å². The molecule has 0 aromatic carbocycles. The molecule has 0 aliphatic rings. The van der Waals surface area contributed by atoms with Crippen molar-refractivity contribution in [3.63, 3.8) is 0 Å². The summed E-state index contributed by atoms with van der Waals surface area (Å²) in [6.45, 7) is 2.89. The Balaban J connectivity index is 2.13. The Hall–Kier alpha value is -2.50. The monoisotopic (exact) mass is 242 g/mol. The number of nitrogen functional groups attached to an aromatic ring is 1. The number of nitrogens with one attached hydrogen (secondary N) is 1. The van der Waals surface area contributed by atoms with E-state index < -0.39 is 0 Å². The molecule has 18 heavy (non-hydrogen) atoms. The van der Waals surface area contributed by atoms with Crippen molar-refractivity contribution in [3.8, 4) is 17.3 Å². The van der Waals surface area contributed by atoms with Crippen LogP contribution in [0.2, 0.25) is 0 Å². The van der Waals surface area contributed by atoms with E-state index >= 15 is 0 Å². The Labute approximate surface area is 104 Å². The van der Waals surface area contributed by atoms with Gasteiger partial charge < -0.3 is 15.3 Å². The molecule has 0 unspecified atom stereocenters. The minimum Gasteiger partial charge on any atom is -0.383 e. The normalized spacial score (nSPS) is 10.9. The number of rotatable bonds is 3. The summed E-state index contributed by atoms with van der Waals surface area (Å²) in [6, 6.07) is 3.94. The fourth-order valence-corrected chi connectivity index (χ4v) is 1.92. The predicted molar refractivity (Wildman–Crippen MR) is 69.2 cm³/mol. The average Bonchev–Trinajstić information content (AvgIpc) is 3.07. The number of aromatic amines is 1. The largest absolute Gasteiger partial charge is 0.383 e. The molecule has 3 aromatic heterocycles.